The van der Waals surface area contributed by atoms with E-state index in [9.17, 15) is 0 Å². The Hall–Kier alpha value is -0.860. The summed E-state index contributed by atoms with van der Waals surface area (Å²) < 4.78 is 0. The van der Waals surface area contributed by atoms with Gasteiger partial charge in [0.25, 0.3) is 0 Å². The normalized spacial score (nSPS) is 12.9. The number of aryl methyl sites for hydroxylation is 1. The summed E-state index contributed by atoms with van der Waals surface area (Å²) in [5.41, 5.74) is 2.85. The molecule has 2 heteroatoms. The molecule has 0 heterocycles. The second-order valence-corrected chi connectivity index (χ2v) is 5.41. The number of rotatable bonds is 9. The van der Waals surface area contributed by atoms with Crippen LogP contribution in [0.5, 0.6) is 0 Å². The summed E-state index contributed by atoms with van der Waals surface area (Å²) in [7, 11) is 2.23. The van der Waals surface area contributed by atoms with Crippen molar-refractivity contribution in [3.8, 4) is 0 Å². The lowest BCUT2D eigenvalue weighted by Gasteiger charge is -2.24. The van der Waals surface area contributed by atoms with E-state index >= 15 is 0 Å². The lowest BCUT2D eigenvalue weighted by Crippen LogP contribution is -2.28. The second kappa shape index (κ2) is 9.11. The van der Waals surface area contributed by atoms with Crippen LogP contribution in [0.3, 0.4) is 0 Å². The maximum Gasteiger partial charge on any atom is 0.0334 e. The minimum Gasteiger partial charge on any atom is -0.310 e. The van der Waals surface area contributed by atoms with Crippen LogP contribution in [0.1, 0.15) is 50.3 Å². The quantitative estimate of drug-likeness (QED) is 0.729. The van der Waals surface area contributed by atoms with Crippen LogP contribution in [-0.4, -0.2) is 31.6 Å². The van der Waals surface area contributed by atoms with Crippen LogP contribution >= 0.6 is 0 Å². The molecular weight excluding hydrogens is 232 g/mol. The minimum absolute atomic E-state index is 0.482. The summed E-state index contributed by atoms with van der Waals surface area (Å²) >= 11 is 0. The molecule has 19 heavy (non-hydrogen) atoms. The molecule has 1 aromatic rings. The Morgan fingerprint density at radius 1 is 1.16 bits per heavy atom. The summed E-state index contributed by atoms with van der Waals surface area (Å²) in [6.07, 6.45) is 3.75. The van der Waals surface area contributed by atoms with Gasteiger partial charge in [-0.05, 0) is 57.6 Å². The van der Waals surface area contributed by atoms with Crippen LogP contribution in [0.15, 0.2) is 24.3 Å². The van der Waals surface area contributed by atoms with Crippen LogP contribution in [0, 0.1) is 6.92 Å². The first-order chi connectivity index (χ1) is 9.19. The molecule has 0 saturated carbocycles. The van der Waals surface area contributed by atoms with E-state index < -0.39 is 0 Å². The van der Waals surface area contributed by atoms with Gasteiger partial charge >= 0.3 is 0 Å². The molecular formula is C17H30N2. The average Bonchev–Trinajstić information content (AvgIpc) is 2.42. The fourth-order valence-corrected chi connectivity index (χ4v) is 2.48. The first-order valence-electron chi connectivity index (χ1n) is 7.66. The van der Waals surface area contributed by atoms with Crippen molar-refractivity contribution >= 4 is 0 Å². The van der Waals surface area contributed by atoms with E-state index in [1.54, 1.807) is 0 Å². The van der Waals surface area contributed by atoms with E-state index in [1.807, 2.05) is 0 Å². The molecule has 1 aromatic carbocycles. The van der Waals surface area contributed by atoms with Gasteiger partial charge in [-0.3, -0.25) is 0 Å². The molecule has 2 nitrogen and oxygen atoms in total. The molecule has 0 radical (unpaired) electrons. The Labute approximate surface area is 119 Å². The van der Waals surface area contributed by atoms with Crippen molar-refractivity contribution < 1.29 is 0 Å². The van der Waals surface area contributed by atoms with Gasteiger partial charge in [-0.25, -0.2) is 0 Å². The first kappa shape index (κ1) is 16.2. The highest BCUT2D eigenvalue weighted by atomic mass is 15.1. The first-order valence-corrected chi connectivity index (χ1v) is 7.66. The van der Waals surface area contributed by atoms with E-state index in [0.717, 1.165) is 13.1 Å². The molecule has 0 aliphatic heterocycles. The molecule has 0 bridgehead atoms. The third-order valence-electron chi connectivity index (χ3n) is 3.71. The summed E-state index contributed by atoms with van der Waals surface area (Å²) in [4.78, 5) is 2.45. The zero-order chi connectivity index (χ0) is 14.1. The van der Waals surface area contributed by atoms with Gasteiger partial charge in [0, 0.05) is 6.04 Å². The molecule has 108 valence electrons. The summed E-state index contributed by atoms with van der Waals surface area (Å²) in [5.74, 6) is 0. The van der Waals surface area contributed by atoms with Crippen LogP contribution < -0.4 is 5.32 Å². The molecule has 0 amide bonds. The lowest BCUT2D eigenvalue weighted by atomic mass is 9.98. The fourth-order valence-electron chi connectivity index (χ4n) is 2.48. The van der Waals surface area contributed by atoms with Gasteiger partial charge in [0.1, 0.15) is 0 Å². The van der Waals surface area contributed by atoms with Crippen molar-refractivity contribution in [3.05, 3.63) is 35.4 Å². The summed E-state index contributed by atoms with van der Waals surface area (Å²) in [5, 5.41) is 3.62. The SMILES string of the molecule is CCCCN(C)CCC(NCC)c1ccccc1C. The molecule has 1 N–H and O–H groups in total. The van der Waals surface area contributed by atoms with Crippen molar-refractivity contribution in [2.75, 3.05) is 26.7 Å². The number of nitrogens with zero attached hydrogens (tertiary/aromatic N) is 1. The van der Waals surface area contributed by atoms with Crippen LogP contribution in [0.25, 0.3) is 0 Å². The Balaban J connectivity index is 2.56. The molecule has 0 aliphatic rings. The zero-order valence-electron chi connectivity index (χ0n) is 13.1. The maximum atomic E-state index is 3.62. The zero-order valence-corrected chi connectivity index (χ0v) is 13.1. The number of unbranched alkanes of at least 4 members (excludes halogenated alkanes) is 1. The molecule has 0 saturated heterocycles. The Bertz CT molecular complexity index is 349. The predicted octanol–water partition coefficient (Wildman–Crippen LogP) is 3.77. The summed E-state index contributed by atoms with van der Waals surface area (Å²) in [6, 6.07) is 9.22. The molecule has 0 aromatic heterocycles. The number of nitrogens with one attached hydrogen (secondary N) is 1. The number of hydrogen-bond acceptors (Lipinski definition) is 2. The van der Waals surface area contributed by atoms with Crippen molar-refractivity contribution in [1.29, 1.82) is 0 Å². The second-order valence-electron chi connectivity index (χ2n) is 5.41. The summed E-state index contributed by atoms with van der Waals surface area (Å²) in [6.45, 7) is 10.0. The van der Waals surface area contributed by atoms with Gasteiger partial charge in [0.2, 0.25) is 0 Å². The highest BCUT2D eigenvalue weighted by Crippen LogP contribution is 2.20. The van der Waals surface area contributed by atoms with Gasteiger partial charge in [-0.1, -0.05) is 44.5 Å². The topological polar surface area (TPSA) is 15.3 Å². The third kappa shape index (κ3) is 5.75. The monoisotopic (exact) mass is 262 g/mol. The minimum atomic E-state index is 0.482. The van der Waals surface area contributed by atoms with E-state index in [-0.39, 0.29) is 0 Å². The standard InChI is InChI=1S/C17H30N2/c1-5-7-13-19(4)14-12-17(18-6-2)16-11-9-8-10-15(16)3/h8-11,17-18H,5-7,12-14H2,1-4H3. The van der Waals surface area contributed by atoms with Crippen molar-refractivity contribution in [1.82, 2.24) is 10.2 Å². The molecule has 1 unspecified atom stereocenters. The predicted molar refractivity (Wildman–Crippen MR) is 84.6 cm³/mol. The van der Waals surface area contributed by atoms with E-state index in [4.69, 9.17) is 0 Å². The van der Waals surface area contributed by atoms with Crippen LogP contribution in [0.4, 0.5) is 0 Å². The highest BCUT2D eigenvalue weighted by molar-refractivity contribution is 5.28. The highest BCUT2D eigenvalue weighted by Gasteiger charge is 2.12. The van der Waals surface area contributed by atoms with Crippen LogP contribution in [0.2, 0.25) is 0 Å². The van der Waals surface area contributed by atoms with Crippen LogP contribution in [-0.2, 0) is 0 Å². The lowest BCUT2D eigenvalue weighted by molar-refractivity contribution is 0.303. The van der Waals surface area contributed by atoms with Crippen molar-refractivity contribution in [2.45, 2.75) is 46.1 Å². The Kier molecular flexibility index (Phi) is 7.76. The largest absolute Gasteiger partial charge is 0.310 e. The fraction of sp³-hybridized carbons (Fsp3) is 0.647. The van der Waals surface area contributed by atoms with E-state index in [2.05, 4.69) is 62.3 Å². The van der Waals surface area contributed by atoms with Crippen molar-refractivity contribution in [2.24, 2.45) is 0 Å². The van der Waals surface area contributed by atoms with Crippen molar-refractivity contribution in [3.63, 3.8) is 0 Å². The molecule has 1 rings (SSSR count). The average molecular weight is 262 g/mol. The maximum absolute atomic E-state index is 3.62. The van der Waals surface area contributed by atoms with Gasteiger partial charge < -0.3 is 10.2 Å². The number of hydrogen-bond donors (Lipinski definition) is 1. The number of benzene rings is 1. The van der Waals surface area contributed by atoms with E-state index in [0.29, 0.717) is 6.04 Å². The molecule has 0 aliphatic carbocycles. The Morgan fingerprint density at radius 2 is 1.89 bits per heavy atom. The molecule has 1 atom stereocenters. The van der Waals surface area contributed by atoms with Gasteiger partial charge in [-0.2, -0.15) is 0 Å². The third-order valence-corrected chi connectivity index (χ3v) is 3.71. The molecule has 0 fully saturated rings. The van der Waals surface area contributed by atoms with Gasteiger partial charge in [0.15, 0.2) is 0 Å². The smallest absolute Gasteiger partial charge is 0.0334 e. The van der Waals surface area contributed by atoms with E-state index in [1.165, 1.54) is 36.9 Å². The Morgan fingerprint density at radius 3 is 2.53 bits per heavy atom. The molecule has 0 spiro atoms. The van der Waals surface area contributed by atoms with Gasteiger partial charge in [0.05, 0.1) is 0 Å². The van der Waals surface area contributed by atoms with Gasteiger partial charge in [-0.15, -0.1) is 0 Å².